The quantitative estimate of drug-likeness (QED) is 0.941. The SMILES string of the molecule is Cc1nc(C)c(CNC(=O)Cc2ccc(Br)cc2)o1. The van der Waals surface area contributed by atoms with Crippen LogP contribution >= 0.6 is 15.9 Å². The number of benzene rings is 1. The lowest BCUT2D eigenvalue weighted by atomic mass is 10.1. The molecule has 0 saturated heterocycles. The van der Waals surface area contributed by atoms with Crippen LogP contribution in [0.4, 0.5) is 0 Å². The largest absolute Gasteiger partial charge is 0.444 e. The molecule has 1 N–H and O–H groups in total. The van der Waals surface area contributed by atoms with Gasteiger partial charge in [0.05, 0.1) is 18.7 Å². The van der Waals surface area contributed by atoms with Crippen LogP contribution in [-0.4, -0.2) is 10.9 Å². The number of carbonyl (C=O) groups is 1. The van der Waals surface area contributed by atoms with Crippen molar-refractivity contribution >= 4 is 21.8 Å². The highest BCUT2D eigenvalue weighted by molar-refractivity contribution is 9.10. The van der Waals surface area contributed by atoms with Crippen molar-refractivity contribution in [3.63, 3.8) is 0 Å². The smallest absolute Gasteiger partial charge is 0.224 e. The molecule has 100 valence electrons. The number of halogens is 1. The third-order valence-electron chi connectivity index (χ3n) is 2.72. The average molecular weight is 323 g/mol. The van der Waals surface area contributed by atoms with Gasteiger partial charge < -0.3 is 9.73 Å². The highest BCUT2D eigenvalue weighted by Crippen LogP contribution is 2.11. The summed E-state index contributed by atoms with van der Waals surface area (Å²) in [6, 6.07) is 7.69. The van der Waals surface area contributed by atoms with Crippen LogP contribution in [0.2, 0.25) is 0 Å². The number of hydrogen-bond acceptors (Lipinski definition) is 3. The minimum atomic E-state index is -0.0317. The van der Waals surface area contributed by atoms with Crippen LogP contribution in [0.15, 0.2) is 33.2 Å². The average Bonchev–Trinajstić information content (AvgIpc) is 2.68. The zero-order chi connectivity index (χ0) is 13.8. The predicted octanol–water partition coefficient (Wildman–Crippen LogP) is 2.91. The molecule has 2 rings (SSSR count). The third kappa shape index (κ3) is 3.92. The van der Waals surface area contributed by atoms with Gasteiger partial charge in [0, 0.05) is 11.4 Å². The van der Waals surface area contributed by atoms with Gasteiger partial charge in [-0.1, -0.05) is 28.1 Å². The van der Waals surface area contributed by atoms with Gasteiger partial charge in [0.15, 0.2) is 5.89 Å². The van der Waals surface area contributed by atoms with Crippen molar-refractivity contribution in [3.8, 4) is 0 Å². The Kier molecular flexibility index (Phi) is 4.37. The standard InChI is InChI=1S/C14H15BrN2O2/c1-9-13(19-10(2)17-9)8-16-14(18)7-11-3-5-12(15)6-4-11/h3-6H,7-8H2,1-2H3,(H,16,18). The Morgan fingerprint density at radius 2 is 2.00 bits per heavy atom. The van der Waals surface area contributed by atoms with Gasteiger partial charge in [0.2, 0.25) is 5.91 Å². The van der Waals surface area contributed by atoms with E-state index in [0.717, 1.165) is 15.7 Å². The number of amides is 1. The number of carbonyl (C=O) groups excluding carboxylic acids is 1. The van der Waals surface area contributed by atoms with Gasteiger partial charge in [0.1, 0.15) is 5.76 Å². The molecule has 0 aliphatic carbocycles. The summed E-state index contributed by atoms with van der Waals surface area (Å²) in [5.74, 6) is 1.30. The first kappa shape index (κ1) is 13.8. The van der Waals surface area contributed by atoms with E-state index in [1.165, 1.54) is 0 Å². The first-order valence-corrected chi connectivity index (χ1v) is 6.78. The minimum Gasteiger partial charge on any atom is -0.444 e. The maximum atomic E-state index is 11.8. The lowest BCUT2D eigenvalue weighted by molar-refractivity contribution is -0.120. The molecule has 1 amide bonds. The molecule has 0 unspecified atom stereocenters. The monoisotopic (exact) mass is 322 g/mol. The van der Waals surface area contributed by atoms with Gasteiger partial charge in [-0.2, -0.15) is 0 Å². The van der Waals surface area contributed by atoms with E-state index in [-0.39, 0.29) is 5.91 Å². The van der Waals surface area contributed by atoms with E-state index in [4.69, 9.17) is 4.42 Å². The summed E-state index contributed by atoms with van der Waals surface area (Å²) in [4.78, 5) is 16.0. The molecule has 1 aromatic carbocycles. The second kappa shape index (κ2) is 6.02. The van der Waals surface area contributed by atoms with E-state index in [1.807, 2.05) is 31.2 Å². The van der Waals surface area contributed by atoms with Gasteiger partial charge in [-0.3, -0.25) is 4.79 Å². The number of rotatable bonds is 4. The number of hydrogen-bond donors (Lipinski definition) is 1. The van der Waals surface area contributed by atoms with E-state index in [1.54, 1.807) is 6.92 Å². The summed E-state index contributed by atoms with van der Waals surface area (Å²) in [7, 11) is 0. The minimum absolute atomic E-state index is 0.0317. The zero-order valence-corrected chi connectivity index (χ0v) is 12.5. The lowest BCUT2D eigenvalue weighted by Gasteiger charge is -2.04. The Hall–Kier alpha value is -1.62. The van der Waals surface area contributed by atoms with Gasteiger partial charge in [-0.25, -0.2) is 4.98 Å². The first-order chi connectivity index (χ1) is 9.04. The maximum Gasteiger partial charge on any atom is 0.224 e. The van der Waals surface area contributed by atoms with E-state index >= 15 is 0 Å². The first-order valence-electron chi connectivity index (χ1n) is 5.98. The number of aromatic nitrogens is 1. The molecule has 4 nitrogen and oxygen atoms in total. The van der Waals surface area contributed by atoms with Gasteiger partial charge in [-0.05, 0) is 24.6 Å². The highest BCUT2D eigenvalue weighted by atomic mass is 79.9. The summed E-state index contributed by atoms with van der Waals surface area (Å²) < 4.78 is 6.40. The van der Waals surface area contributed by atoms with Crippen molar-refractivity contribution in [2.45, 2.75) is 26.8 Å². The van der Waals surface area contributed by atoms with Gasteiger partial charge in [0.25, 0.3) is 0 Å². The van der Waals surface area contributed by atoms with Crippen LogP contribution in [0.25, 0.3) is 0 Å². The number of nitrogens with zero attached hydrogens (tertiary/aromatic N) is 1. The lowest BCUT2D eigenvalue weighted by Crippen LogP contribution is -2.24. The van der Waals surface area contributed by atoms with Crippen molar-refractivity contribution in [3.05, 3.63) is 51.6 Å². The Morgan fingerprint density at radius 3 is 2.58 bits per heavy atom. The second-order valence-electron chi connectivity index (χ2n) is 4.32. The van der Waals surface area contributed by atoms with Crippen molar-refractivity contribution in [2.24, 2.45) is 0 Å². The van der Waals surface area contributed by atoms with Crippen LogP contribution in [0.5, 0.6) is 0 Å². The molecular weight excluding hydrogens is 308 g/mol. The fourth-order valence-electron chi connectivity index (χ4n) is 1.77. The molecule has 0 fully saturated rings. The third-order valence-corrected chi connectivity index (χ3v) is 3.25. The number of aryl methyl sites for hydroxylation is 2. The molecule has 0 bridgehead atoms. The summed E-state index contributed by atoms with van der Waals surface area (Å²) in [5.41, 5.74) is 1.80. The van der Waals surface area contributed by atoms with Crippen LogP contribution in [0, 0.1) is 13.8 Å². The fourth-order valence-corrected chi connectivity index (χ4v) is 2.03. The fraction of sp³-hybridized carbons (Fsp3) is 0.286. The molecule has 1 heterocycles. The normalized spacial score (nSPS) is 10.5. The molecule has 0 spiro atoms. The van der Waals surface area contributed by atoms with Crippen molar-refractivity contribution < 1.29 is 9.21 Å². The maximum absolute atomic E-state index is 11.8. The van der Waals surface area contributed by atoms with Gasteiger partial charge >= 0.3 is 0 Å². The molecular formula is C14H15BrN2O2. The summed E-state index contributed by atoms with van der Waals surface area (Å²) in [5, 5.41) is 2.83. The molecule has 0 atom stereocenters. The van der Waals surface area contributed by atoms with Crippen LogP contribution in [-0.2, 0) is 17.8 Å². The van der Waals surface area contributed by atoms with E-state index < -0.39 is 0 Å². The number of nitrogens with one attached hydrogen (secondary N) is 1. The molecule has 0 aliphatic rings. The summed E-state index contributed by atoms with van der Waals surface area (Å²) >= 11 is 3.36. The molecule has 5 heteroatoms. The molecule has 19 heavy (non-hydrogen) atoms. The van der Waals surface area contributed by atoms with Crippen molar-refractivity contribution in [2.75, 3.05) is 0 Å². The van der Waals surface area contributed by atoms with Gasteiger partial charge in [-0.15, -0.1) is 0 Å². The molecule has 0 aliphatic heterocycles. The van der Waals surface area contributed by atoms with E-state index in [9.17, 15) is 4.79 Å². The summed E-state index contributed by atoms with van der Waals surface area (Å²) in [6.45, 7) is 4.04. The number of oxazole rings is 1. The zero-order valence-electron chi connectivity index (χ0n) is 10.9. The van der Waals surface area contributed by atoms with Crippen molar-refractivity contribution in [1.29, 1.82) is 0 Å². The van der Waals surface area contributed by atoms with Crippen LogP contribution in [0.3, 0.4) is 0 Å². The van der Waals surface area contributed by atoms with E-state index in [2.05, 4.69) is 26.2 Å². The summed E-state index contributed by atoms with van der Waals surface area (Å²) in [6.07, 6.45) is 0.361. The molecule has 1 aromatic heterocycles. The second-order valence-corrected chi connectivity index (χ2v) is 5.24. The Balaban J connectivity index is 1.88. The van der Waals surface area contributed by atoms with Crippen LogP contribution < -0.4 is 5.32 Å². The van der Waals surface area contributed by atoms with Crippen LogP contribution in [0.1, 0.15) is 22.9 Å². The Morgan fingerprint density at radius 1 is 1.32 bits per heavy atom. The topological polar surface area (TPSA) is 55.1 Å². The van der Waals surface area contributed by atoms with Crippen molar-refractivity contribution in [1.82, 2.24) is 10.3 Å². The Bertz CT molecular complexity index is 576. The highest BCUT2D eigenvalue weighted by Gasteiger charge is 2.09. The molecule has 0 saturated carbocycles. The predicted molar refractivity (Wildman–Crippen MR) is 75.7 cm³/mol. The van der Waals surface area contributed by atoms with E-state index in [0.29, 0.717) is 24.6 Å². The molecule has 0 radical (unpaired) electrons. The Labute approximate surface area is 120 Å². The molecule has 2 aromatic rings.